The molecular weight excluding hydrogens is 332 g/mol. The Balaban J connectivity index is 1.92. The van der Waals surface area contributed by atoms with E-state index in [0.717, 1.165) is 42.6 Å². The van der Waals surface area contributed by atoms with Crippen LogP contribution in [0.2, 0.25) is 0 Å². The maximum atomic E-state index is 12.0. The highest BCUT2D eigenvalue weighted by Gasteiger charge is 2.27. The zero-order valence-corrected chi connectivity index (χ0v) is 14.5. The summed E-state index contributed by atoms with van der Waals surface area (Å²) in [7, 11) is 0. The summed E-state index contributed by atoms with van der Waals surface area (Å²) < 4.78 is 5.42. The van der Waals surface area contributed by atoms with Gasteiger partial charge < -0.3 is 9.64 Å². The average molecular weight is 355 g/mol. The number of amides is 1. The largest absolute Gasteiger partial charge is 0.444 e. The molecule has 116 valence electrons. The summed E-state index contributed by atoms with van der Waals surface area (Å²) in [5.74, 6) is 0.433. The van der Waals surface area contributed by atoms with Crippen LogP contribution in [-0.2, 0) is 10.1 Å². The van der Waals surface area contributed by atoms with Crippen molar-refractivity contribution in [2.45, 2.75) is 50.5 Å². The minimum atomic E-state index is -0.431. The van der Waals surface area contributed by atoms with Gasteiger partial charge >= 0.3 is 6.09 Å². The molecule has 0 saturated carbocycles. The molecule has 21 heavy (non-hydrogen) atoms. The number of aromatic nitrogens is 1. The van der Waals surface area contributed by atoms with Gasteiger partial charge in [-0.1, -0.05) is 22.0 Å². The van der Waals surface area contributed by atoms with Gasteiger partial charge in [0.25, 0.3) is 0 Å². The molecule has 5 heteroatoms. The third-order valence-corrected chi connectivity index (χ3v) is 4.10. The van der Waals surface area contributed by atoms with Gasteiger partial charge in [-0.05, 0) is 45.7 Å². The molecular formula is C16H23BrN2O2. The maximum absolute atomic E-state index is 12.0. The van der Waals surface area contributed by atoms with Crippen LogP contribution in [0.25, 0.3) is 0 Å². The van der Waals surface area contributed by atoms with Gasteiger partial charge in [-0.15, -0.1) is 0 Å². The number of carbonyl (C=O) groups is 1. The van der Waals surface area contributed by atoms with E-state index < -0.39 is 5.60 Å². The second-order valence-corrected chi connectivity index (χ2v) is 6.99. The van der Waals surface area contributed by atoms with Crippen LogP contribution in [0.5, 0.6) is 0 Å². The number of halogens is 1. The van der Waals surface area contributed by atoms with Crippen molar-refractivity contribution in [3.63, 3.8) is 0 Å². The molecule has 1 aliphatic rings. The molecule has 0 radical (unpaired) electrons. The van der Waals surface area contributed by atoms with Crippen molar-refractivity contribution in [3.8, 4) is 0 Å². The van der Waals surface area contributed by atoms with E-state index in [9.17, 15) is 4.79 Å². The lowest BCUT2D eigenvalue weighted by Crippen LogP contribution is -2.41. The number of hydrogen-bond donors (Lipinski definition) is 0. The molecule has 2 heterocycles. The number of ether oxygens (including phenoxy) is 1. The molecule has 0 atom stereocenters. The van der Waals surface area contributed by atoms with Crippen LogP contribution < -0.4 is 0 Å². The molecule has 1 amide bonds. The highest BCUT2D eigenvalue weighted by molar-refractivity contribution is 9.08. The first-order valence-corrected chi connectivity index (χ1v) is 8.51. The van der Waals surface area contributed by atoms with Crippen LogP contribution in [0.4, 0.5) is 4.79 Å². The zero-order valence-electron chi connectivity index (χ0n) is 12.9. The van der Waals surface area contributed by atoms with Crippen molar-refractivity contribution >= 4 is 22.0 Å². The number of hydrogen-bond acceptors (Lipinski definition) is 3. The van der Waals surface area contributed by atoms with Crippen molar-refractivity contribution < 1.29 is 9.53 Å². The second kappa shape index (κ2) is 6.77. The summed E-state index contributed by atoms with van der Waals surface area (Å²) in [6.45, 7) is 7.16. The van der Waals surface area contributed by atoms with Crippen molar-refractivity contribution in [3.05, 3.63) is 29.6 Å². The quantitative estimate of drug-likeness (QED) is 0.751. The highest BCUT2D eigenvalue weighted by atomic mass is 79.9. The third kappa shape index (κ3) is 4.70. The van der Waals surface area contributed by atoms with Crippen molar-refractivity contribution in [1.82, 2.24) is 9.88 Å². The number of carbonyl (C=O) groups excluding carboxylic acids is 1. The Bertz CT molecular complexity index is 491. The van der Waals surface area contributed by atoms with Gasteiger partial charge in [0, 0.05) is 30.0 Å². The van der Waals surface area contributed by atoms with E-state index in [1.807, 2.05) is 26.8 Å². The average Bonchev–Trinajstić information content (AvgIpc) is 2.46. The molecule has 0 spiro atoms. The number of nitrogens with zero attached hydrogens (tertiary/aromatic N) is 2. The minimum absolute atomic E-state index is 0.205. The molecule has 4 nitrogen and oxygen atoms in total. The van der Waals surface area contributed by atoms with Crippen molar-refractivity contribution in [1.29, 1.82) is 0 Å². The highest BCUT2D eigenvalue weighted by Crippen LogP contribution is 2.27. The van der Waals surface area contributed by atoms with E-state index in [1.165, 1.54) is 0 Å². The standard InChI is InChI=1S/C16H23BrN2O2/c1-16(2,3)21-15(20)19-9-7-12(8-10-19)14-6-4-5-13(11-17)18-14/h4-6,12H,7-11H2,1-3H3. The lowest BCUT2D eigenvalue weighted by atomic mass is 9.93. The fourth-order valence-electron chi connectivity index (χ4n) is 2.48. The van der Waals surface area contributed by atoms with E-state index in [4.69, 9.17) is 4.74 Å². The Morgan fingerprint density at radius 2 is 2.05 bits per heavy atom. The van der Waals surface area contributed by atoms with E-state index >= 15 is 0 Å². The molecule has 0 aromatic carbocycles. The van der Waals surface area contributed by atoms with Crippen molar-refractivity contribution in [2.75, 3.05) is 13.1 Å². The predicted octanol–water partition coefficient (Wildman–Crippen LogP) is 4.09. The molecule has 0 bridgehead atoms. The minimum Gasteiger partial charge on any atom is -0.444 e. The molecule has 1 aromatic rings. The summed E-state index contributed by atoms with van der Waals surface area (Å²) in [6, 6.07) is 6.16. The fourth-order valence-corrected chi connectivity index (χ4v) is 2.80. The van der Waals surface area contributed by atoms with Gasteiger partial charge in [0.05, 0.1) is 5.69 Å². The van der Waals surface area contributed by atoms with Crippen LogP contribution >= 0.6 is 15.9 Å². The normalized spacial score (nSPS) is 16.9. The Hall–Kier alpha value is -1.10. The summed E-state index contributed by atoms with van der Waals surface area (Å²) in [6.07, 6.45) is 1.68. The summed E-state index contributed by atoms with van der Waals surface area (Å²) >= 11 is 3.44. The van der Waals surface area contributed by atoms with Gasteiger partial charge in [0.1, 0.15) is 5.60 Å². The van der Waals surface area contributed by atoms with Crippen molar-refractivity contribution in [2.24, 2.45) is 0 Å². The van der Waals surface area contributed by atoms with Gasteiger partial charge in [-0.25, -0.2) is 4.79 Å². The van der Waals surface area contributed by atoms with Crippen LogP contribution in [0.15, 0.2) is 18.2 Å². The van der Waals surface area contributed by atoms with Crippen LogP contribution in [0.1, 0.15) is 50.9 Å². The smallest absolute Gasteiger partial charge is 0.410 e. The first kappa shape index (κ1) is 16.3. The maximum Gasteiger partial charge on any atom is 0.410 e. The monoisotopic (exact) mass is 354 g/mol. The number of likely N-dealkylation sites (tertiary alicyclic amines) is 1. The lowest BCUT2D eigenvalue weighted by molar-refractivity contribution is 0.0204. The summed E-state index contributed by atoms with van der Waals surface area (Å²) in [5.41, 5.74) is 1.76. The predicted molar refractivity (Wildman–Crippen MR) is 86.7 cm³/mol. The second-order valence-electron chi connectivity index (χ2n) is 6.43. The lowest BCUT2D eigenvalue weighted by Gasteiger charge is -2.33. The van der Waals surface area contributed by atoms with E-state index in [0.29, 0.717) is 5.92 Å². The Morgan fingerprint density at radius 3 is 2.62 bits per heavy atom. The number of alkyl halides is 1. The van der Waals surface area contributed by atoms with Crippen LogP contribution in [0.3, 0.4) is 0 Å². The topological polar surface area (TPSA) is 42.4 Å². The molecule has 0 unspecified atom stereocenters. The Morgan fingerprint density at radius 1 is 1.38 bits per heavy atom. The van der Waals surface area contributed by atoms with Gasteiger partial charge in [0.2, 0.25) is 0 Å². The first-order valence-electron chi connectivity index (χ1n) is 7.39. The van der Waals surface area contributed by atoms with Gasteiger partial charge in [0.15, 0.2) is 0 Å². The number of pyridine rings is 1. The molecule has 1 aromatic heterocycles. The molecule has 1 saturated heterocycles. The zero-order chi connectivity index (χ0) is 15.5. The fraction of sp³-hybridized carbons (Fsp3) is 0.625. The molecule has 1 aliphatic heterocycles. The summed E-state index contributed by atoms with van der Waals surface area (Å²) in [5, 5.41) is 0.775. The molecule has 2 rings (SSSR count). The Kier molecular flexibility index (Phi) is 5.25. The SMILES string of the molecule is CC(C)(C)OC(=O)N1CCC(c2cccc(CBr)n2)CC1. The summed E-state index contributed by atoms with van der Waals surface area (Å²) in [4.78, 5) is 18.5. The van der Waals surface area contributed by atoms with Crippen LogP contribution in [-0.4, -0.2) is 34.7 Å². The third-order valence-electron chi connectivity index (χ3n) is 3.53. The van der Waals surface area contributed by atoms with E-state index in [2.05, 4.69) is 33.0 Å². The Labute approximate surface area is 135 Å². The van der Waals surface area contributed by atoms with Gasteiger partial charge in [-0.2, -0.15) is 0 Å². The van der Waals surface area contributed by atoms with Crippen LogP contribution in [0, 0.1) is 0 Å². The van der Waals surface area contributed by atoms with E-state index in [-0.39, 0.29) is 6.09 Å². The first-order chi connectivity index (χ1) is 9.89. The van der Waals surface area contributed by atoms with Gasteiger partial charge in [-0.3, -0.25) is 4.98 Å². The number of piperidine rings is 1. The van der Waals surface area contributed by atoms with E-state index in [1.54, 1.807) is 4.90 Å². The molecule has 1 fully saturated rings. The number of rotatable bonds is 2. The molecule has 0 N–H and O–H groups in total. The molecule has 0 aliphatic carbocycles.